The van der Waals surface area contributed by atoms with Crippen LogP contribution in [0.5, 0.6) is 5.88 Å². The molecule has 1 aromatic rings. The fourth-order valence-electron chi connectivity index (χ4n) is 0.846. The Labute approximate surface area is 72.3 Å². The third kappa shape index (κ3) is 1.58. The summed E-state index contributed by atoms with van der Waals surface area (Å²) >= 11 is 0. The summed E-state index contributed by atoms with van der Waals surface area (Å²) in [4.78, 5) is 22.6. The van der Waals surface area contributed by atoms with Gasteiger partial charge in [0.05, 0.1) is 12.0 Å². The van der Waals surface area contributed by atoms with E-state index in [0.29, 0.717) is 0 Å². The molecule has 0 saturated carbocycles. The topological polar surface area (TPSA) is 111 Å². The van der Waals surface area contributed by atoms with Crippen LogP contribution in [0.25, 0.3) is 0 Å². The Morgan fingerprint density at radius 2 is 2.31 bits per heavy atom. The summed E-state index contributed by atoms with van der Waals surface area (Å²) in [6.07, 6.45) is 0. The number of anilines is 1. The van der Waals surface area contributed by atoms with Crippen molar-refractivity contribution in [3.8, 4) is 5.88 Å². The minimum atomic E-state index is -0.873. The van der Waals surface area contributed by atoms with Crippen LogP contribution in [-0.4, -0.2) is 17.0 Å². The minimum absolute atomic E-state index is 0.0908. The number of H-pyrrole nitrogens is 1. The number of nitrogens with two attached hydrogens (primary N) is 1. The van der Waals surface area contributed by atoms with Gasteiger partial charge in [-0.05, 0) is 0 Å². The van der Waals surface area contributed by atoms with Crippen molar-refractivity contribution in [2.24, 2.45) is 0 Å². The number of hydrogen-bond donors (Lipinski definition) is 2. The maximum atomic E-state index is 11.0. The zero-order valence-corrected chi connectivity index (χ0v) is 6.73. The number of ether oxygens (including phenoxy) is 1. The number of nitrogens with one attached hydrogen (secondary N) is 1. The Kier molecular flexibility index (Phi) is 2.18. The fourth-order valence-corrected chi connectivity index (χ4v) is 0.846. The average Bonchev–Trinajstić information content (AvgIpc) is 2.02. The van der Waals surface area contributed by atoms with E-state index in [1.54, 1.807) is 0 Å². The zero-order chi connectivity index (χ0) is 10.0. The Morgan fingerprint density at radius 3 is 2.69 bits per heavy atom. The SMILES string of the molecule is COc1cc(N)c([N+](=O)[O-])c(=O)[nH]1. The second-order valence-corrected chi connectivity index (χ2v) is 2.23. The summed E-state index contributed by atoms with van der Waals surface area (Å²) in [5, 5.41) is 10.3. The van der Waals surface area contributed by atoms with Crippen molar-refractivity contribution >= 4 is 11.4 Å². The van der Waals surface area contributed by atoms with E-state index >= 15 is 0 Å². The Morgan fingerprint density at radius 1 is 1.69 bits per heavy atom. The number of pyridine rings is 1. The van der Waals surface area contributed by atoms with E-state index in [0.717, 1.165) is 0 Å². The van der Waals surface area contributed by atoms with Gasteiger partial charge in [-0.25, -0.2) is 0 Å². The molecule has 0 aromatic carbocycles. The van der Waals surface area contributed by atoms with Crippen LogP contribution < -0.4 is 16.0 Å². The molecule has 0 unspecified atom stereocenters. The molecular formula is C6H7N3O4. The molecular weight excluding hydrogens is 178 g/mol. The molecule has 0 saturated heterocycles. The second-order valence-electron chi connectivity index (χ2n) is 2.23. The zero-order valence-electron chi connectivity index (χ0n) is 6.73. The summed E-state index contributed by atoms with van der Waals surface area (Å²) in [5.41, 5.74) is 3.50. The van der Waals surface area contributed by atoms with E-state index < -0.39 is 16.2 Å². The predicted octanol–water partition coefficient (Wildman–Crippen LogP) is -0.126. The molecule has 3 N–H and O–H groups in total. The lowest BCUT2D eigenvalue weighted by Gasteiger charge is -2.00. The summed E-state index contributed by atoms with van der Waals surface area (Å²) in [7, 11) is 1.32. The van der Waals surface area contributed by atoms with Crippen LogP contribution in [0, 0.1) is 10.1 Å². The van der Waals surface area contributed by atoms with Gasteiger partial charge in [0.25, 0.3) is 0 Å². The number of nitrogens with zero attached hydrogens (tertiary/aromatic N) is 1. The van der Waals surface area contributed by atoms with E-state index in [1.807, 2.05) is 0 Å². The van der Waals surface area contributed by atoms with Gasteiger partial charge >= 0.3 is 11.2 Å². The second kappa shape index (κ2) is 3.13. The highest BCUT2D eigenvalue weighted by molar-refractivity contribution is 5.57. The van der Waals surface area contributed by atoms with Gasteiger partial charge in [0, 0.05) is 6.07 Å². The molecule has 7 nitrogen and oxygen atoms in total. The van der Waals surface area contributed by atoms with Crippen molar-refractivity contribution in [1.82, 2.24) is 4.98 Å². The number of hydrogen-bond acceptors (Lipinski definition) is 5. The van der Waals surface area contributed by atoms with Crippen LogP contribution in [0.3, 0.4) is 0 Å². The van der Waals surface area contributed by atoms with Gasteiger partial charge < -0.3 is 10.5 Å². The maximum Gasteiger partial charge on any atom is 0.356 e. The predicted molar refractivity (Wildman–Crippen MR) is 44.7 cm³/mol. The molecule has 13 heavy (non-hydrogen) atoms. The monoisotopic (exact) mass is 185 g/mol. The molecule has 7 heteroatoms. The lowest BCUT2D eigenvalue weighted by molar-refractivity contribution is -0.385. The highest BCUT2D eigenvalue weighted by atomic mass is 16.6. The highest BCUT2D eigenvalue weighted by Crippen LogP contribution is 2.18. The van der Waals surface area contributed by atoms with Crippen LogP contribution in [0.15, 0.2) is 10.9 Å². The average molecular weight is 185 g/mol. The lowest BCUT2D eigenvalue weighted by atomic mass is 10.3. The van der Waals surface area contributed by atoms with Gasteiger partial charge in [-0.3, -0.25) is 19.9 Å². The van der Waals surface area contributed by atoms with Crippen LogP contribution in [0.1, 0.15) is 0 Å². The van der Waals surface area contributed by atoms with E-state index in [4.69, 9.17) is 5.73 Å². The molecule has 1 heterocycles. The Hall–Kier alpha value is -2.05. The maximum absolute atomic E-state index is 11.0. The van der Waals surface area contributed by atoms with Crippen LogP contribution in [-0.2, 0) is 0 Å². The normalized spacial score (nSPS) is 9.62. The molecule has 0 atom stereocenters. The van der Waals surface area contributed by atoms with E-state index in [1.165, 1.54) is 13.2 Å². The summed E-state index contributed by atoms with van der Waals surface area (Å²) < 4.78 is 4.65. The van der Waals surface area contributed by atoms with Crippen molar-refractivity contribution in [1.29, 1.82) is 0 Å². The van der Waals surface area contributed by atoms with Crippen molar-refractivity contribution in [3.63, 3.8) is 0 Å². The van der Waals surface area contributed by atoms with Gasteiger partial charge in [0.2, 0.25) is 0 Å². The summed E-state index contributed by atoms with van der Waals surface area (Å²) in [6.45, 7) is 0. The fraction of sp³-hybridized carbons (Fsp3) is 0.167. The molecule has 0 radical (unpaired) electrons. The molecule has 0 aliphatic heterocycles. The van der Waals surface area contributed by atoms with Crippen molar-refractivity contribution in [2.75, 3.05) is 12.8 Å². The van der Waals surface area contributed by atoms with Gasteiger partial charge in [-0.15, -0.1) is 0 Å². The molecule has 1 rings (SSSR count). The molecule has 0 amide bonds. The molecule has 70 valence electrons. The standard InChI is InChI=1S/C6H7N3O4/c1-13-4-2-3(7)5(9(11)12)6(10)8-4/h2H,1H3,(H3,7,8,10). The van der Waals surface area contributed by atoms with Crippen LogP contribution >= 0.6 is 0 Å². The number of aromatic nitrogens is 1. The molecule has 0 aliphatic carbocycles. The lowest BCUT2D eigenvalue weighted by Crippen LogP contribution is -2.14. The molecule has 0 spiro atoms. The van der Waals surface area contributed by atoms with Crippen molar-refractivity contribution in [3.05, 3.63) is 26.5 Å². The molecule has 0 fully saturated rings. The van der Waals surface area contributed by atoms with Crippen molar-refractivity contribution in [2.45, 2.75) is 0 Å². The number of nitrogen functional groups attached to an aromatic ring is 1. The van der Waals surface area contributed by atoms with Crippen LogP contribution in [0.4, 0.5) is 11.4 Å². The first-order chi connectivity index (χ1) is 6.06. The third-order valence-electron chi connectivity index (χ3n) is 1.41. The van der Waals surface area contributed by atoms with Crippen molar-refractivity contribution < 1.29 is 9.66 Å². The number of rotatable bonds is 2. The Balaban J connectivity index is 3.40. The molecule has 0 bridgehead atoms. The first-order valence-electron chi connectivity index (χ1n) is 3.27. The van der Waals surface area contributed by atoms with Gasteiger partial charge in [0.1, 0.15) is 5.69 Å². The van der Waals surface area contributed by atoms with E-state index in [9.17, 15) is 14.9 Å². The minimum Gasteiger partial charge on any atom is -0.482 e. The van der Waals surface area contributed by atoms with E-state index in [2.05, 4.69) is 9.72 Å². The quantitative estimate of drug-likeness (QED) is 0.492. The van der Waals surface area contributed by atoms with Gasteiger partial charge in [0.15, 0.2) is 5.88 Å². The van der Waals surface area contributed by atoms with E-state index in [-0.39, 0.29) is 11.6 Å². The first kappa shape index (κ1) is 9.04. The molecule has 0 aliphatic rings. The van der Waals surface area contributed by atoms with Gasteiger partial charge in [-0.1, -0.05) is 0 Å². The smallest absolute Gasteiger partial charge is 0.356 e. The first-order valence-corrected chi connectivity index (χ1v) is 3.27. The summed E-state index contributed by atoms with van der Waals surface area (Å²) in [5.74, 6) is 0.0908. The van der Waals surface area contributed by atoms with Gasteiger partial charge in [-0.2, -0.15) is 0 Å². The number of aromatic amines is 1. The largest absolute Gasteiger partial charge is 0.482 e. The van der Waals surface area contributed by atoms with Crippen LogP contribution in [0.2, 0.25) is 0 Å². The number of methoxy groups -OCH3 is 1. The Bertz CT molecular complexity index is 397. The summed E-state index contributed by atoms with van der Waals surface area (Å²) in [6, 6.07) is 1.18. The number of nitro groups is 1. The molecule has 1 aromatic heterocycles. The third-order valence-corrected chi connectivity index (χ3v) is 1.41. The highest BCUT2D eigenvalue weighted by Gasteiger charge is 2.18.